The van der Waals surface area contributed by atoms with Gasteiger partial charge in [-0.2, -0.15) is 0 Å². The van der Waals surface area contributed by atoms with Gasteiger partial charge in [0.15, 0.2) is 0 Å². The van der Waals surface area contributed by atoms with Crippen molar-refractivity contribution >= 4 is 7.91 Å². The van der Waals surface area contributed by atoms with Gasteiger partial charge in [0.1, 0.15) is 0 Å². The van der Waals surface area contributed by atoms with Crippen LogP contribution >= 0.6 is 0 Å². The Balaban J connectivity index is 0.000000357. The predicted octanol–water partition coefficient (Wildman–Crippen LogP) is 5.78. The fraction of sp³-hybridized carbons (Fsp3) is 0.200. The van der Waals surface area contributed by atoms with E-state index in [1.54, 1.807) is 0 Å². The molecule has 0 spiro atoms. The topological polar surface area (TPSA) is 0 Å². The van der Waals surface area contributed by atoms with Crippen LogP contribution in [0.5, 0.6) is 0 Å². The van der Waals surface area contributed by atoms with Crippen molar-refractivity contribution in [2.45, 2.75) is 25.7 Å². The van der Waals surface area contributed by atoms with Gasteiger partial charge in [-0.3, -0.25) is 0 Å². The van der Waals surface area contributed by atoms with Gasteiger partial charge in [-0.15, -0.1) is 0 Å². The third-order valence-electron chi connectivity index (χ3n) is 3.75. The van der Waals surface area contributed by atoms with E-state index in [2.05, 4.69) is 24.3 Å². The molecule has 1 aliphatic carbocycles. The normalized spacial score (nSPS) is 13.6. The van der Waals surface area contributed by atoms with Crippen molar-refractivity contribution in [2.75, 3.05) is 0 Å². The summed E-state index contributed by atoms with van der Waals surface area (Å²) in [6.45, 7) is 0. The van der Waals surface area contributed by atoms with Crippen LogP contribution in [0.2, 0.25) is 0 Å². The summed E-state index contributed by atoms with van der Waals surface area (Å²) in [5.74, 6) is -24.1. The Bertz CT molecular complexity index is 878. The summed E-state index contributed by atoms with van der Waals surface area (Å²) >= 11 is -2.96. The molecule has 0 bridgehead atoms. The Kier molecular flexibility index (Phi) is 8.91. The first-order valence-corrected chi connectivity index (χ1v) is 10.8. The summed E-state index contributed by atoms with van der Waals surface area (Å²) < 4.78 is 128. The standard InChI is InChI=1S/C8H12.2C6F5.Pt/c1-2-4-6-8-7-5-3-1;2*7-2-1-3(8)5(10)6(11)4(2)9;/h1-2,7-8H,3-6H2;;;. The van der Waals surface area contributed by atoms with Gasteiger partial charge in [-0.25, -0.2) is 0 Å². The fourth-order valence-electron chi connectivity index (χ4n) is 2.20. The summed E-state index contributed by atoms with van der Waals surface area (Å²) in [4.78, 5) is 0. The molecule has 31 heavy (non-hydrogen) atoms. The van der Waals surface area contributed by atoms with Crippen LogP contribution < -0.4 is 7.91 Å². The van der Waals surface area contributed by atoms with Gasteiger partial charge in [0, 0.05) is 0 Å². The summed E-state index contributed by atoms with van der Waals surface area (Å²) in [6.07, 6.45) is 14.0. The second-order valence-electron chi connectivity index (χ2n) is 5.88. The molecule has 0 radical (unpaired) electrons. The molecule has 0 atom stereocenters. The second-order valence-corrected chi connectivity index (χ2v) is 8.72. The van der Waals surface area contributed by atoms with Crippen molar-refractivity contribution in [3.8, 4) is 0 Å². The van der Waals surface area contributed by atoms with Crippen LogP contribution in [0.3, 0.4) is 0 Å². The molecule has 0 aromatic heterocycles. The van der Waals surface area contributed by atoms with Crippen molar-refractivity contribution in [1.29, 1.82) is 0 Å². The van der Waals surface area contributed by atoms with Crippen molar-refractivity contribution in [3.05, 3.63) is 82.5 Å². The quantitative estimate of drug-likeness (QED) is 0.170. The zero-order valence-corrected chi connectivity index (χ0v) is 17.5. The zero-order chi connectivity index (χ0) is 23.3. The first-order chi connectivity index (χ1) is 14.6. The van der Waals surface area contributed by atoms with Crippen LogP contribution in [0.15, 0.2) is 24.3 Å². The Morgan fingerprint density at radius 3 is 0.774 bits per heavy atom. The van der Waals surface area contributed by atoms with Crippen LogP contribution in [-0.2, 0) is 18.6 Å². The molecule has 2 aromatic carbocycles. The predicted molar refractivity (Wildman–Crippen MR) is 88.5 cm³/mol. The Morgan fingerprint density at radius 1 is 0.355 bits per heavy atom. The summed E-state index contributed by atoms with van der Waals surface area (Å²) in [6, 6.07) is 0. The molecular formula is C20H12F10Pt. The summed E-state index contributed by atoms with van der Waals surface area (Å²) in [5.41, 5.74) is 0. The molecule has 0 unspecified atom stereocenters. The number of rotatable bonds is 2. The van der Waals surface area contributed by atoms with E-state index in [1.165, 1.54) is 25.7 Å². The number of benzene rings is 2. The molecule has 0 nitrogen and oxygen atoms in total. The fourth-order valence-corrected chi connectivity index (χ4v) is 4.77. The van der Waals surface area contributed by atoms with E-state index in [1.807, 2.05) is 0 Å². The molecule has 0 amide bonds. The van der Waals surface area contributed by atoms with E-state index in [0.29, 0.717) is 0 Å². The van der Waals surface area contributed by atoms with Gasteiger partial charge in [0.2, 0.25) is 0 Å². The SMILES string of the molecule is C1=CCCC=CCC1.Fc1c(F)c(F)[c]([Pt][c]2c(F)c(F)c(F)c(F)c2F)c(F)c1F. The van der Waals surface area contributed by atoms with E-state index in [0.717, 1.165) is 0 Å². The van der Waals surface area contributed by atoms with E-state index >= 15 is 0 Å². The summed E-state index contributed by atoms with van der Waals surface area (Å²) in [7, 11) is 0. The number of hydrogen-bond donors (Lipinski definition) is 0. The maximum absolute atomic E-state index is 13.4. The Labute approximate surface area is 178 Å². The van der Waals surface area contributed by atoms with Crippen molar-refractivity contribution in [3.63, 3.8) is 0 Å². The van der Waals surface area contributed by atoms with Crippen molar-refractivity contribution < 1.29 is 62.5 Å². The third kappa shape index (κ3) is 5.59. The molecule has 0 fully saturated rings. The third-order valence-corrected chi connectivity index (χ3v) is 6.88. The van der Waals surface area contributed by atoms with Gasteiger partial charge in [0.05, 0.1) is 0 Å². The van der Waals surface area contributed by atoms with Crippen LogP contribution in [-0.4, -0.2) is 0 Å². The zero-order valence-electron chi connectivity index (χ0n) is 15.2. The van der Waals surface area contributed by atoms with Gasteiger partial charge in [-0.05, 0) is 25.7 Å². The Hall–Kier alpha value is -2.09. The average molecular weight is 637 g/mol. The summed E-state index contributed by atoms with van der Waals surface area (Å²) in [5, 5.41) is 0. The average Bonchev–Trinajstić information content (AvgIpc) is 2.73. The molecule has 0 saturated carbocycles. The molecule has 2 aromatic rings. The van der Waals surface area contributed by atoms with Crippen molar-refractivity contribution in [2.24, 2.45) is 0 Å². The van der Waals surface area contributed by atoms with E-state index < -0.39 is 84.6 Å². The van der Waals surface area contributed by atoms with Gasteiger partial charge < -0.3 is 0 Å². The molecular weight excluding hydrogens is 625 g/mol. The van der Waals surface area contributed by atoms with Gasteiger partial charge in [0.25, 0.3) is 0 Å². The van der Waals surface area contributed by atoms with Crippen molar-refractivity contribution in [1.82, 2.24) is 0 Å². The first kappa shape index (κ1) is 25.2. The molecule has 172 valence electrons. The first-order valence-electron chi connectivity index (χ1n) is 8.51. The van der Waals surface area contributed by atoms with Crippen LogP contribution in [0.4, 0.5) is 43.9 Å². The molecule has 3 rings (SSSR count). The van der Waals surface area contributed by atoms with Crippen LogP contribution in [0, 0.1) is 58.2 Å². The van der Waals surface area contributed by atoms with E-state index in [9.17, 15) is 43.9 Å². The van der Waals surface area contributed by atoms with E-state index in [-0.39, 0.29) is 0 Å². The minimum atomic E-state index is -2.96. The van der Waals surface area contributed by atoms with Crippen LogP contribution in [0.1, 0.15) is 25.7 Å². The molecule has 0 N–H and O–H groups in total. The number of allylic oxidation sites excluding steroid dienone is 4. The maximum atomic E-state index is 13.4. The molecule has 0 heterocycles. The number of halogens is 10. The minimum absolute atomic E-state index is 1.23. The molecule has 0 aliphatic heterocycles. The molecule has 11 heteroatoms. The Morgan fingerprint density at radius 2 is 0.548 bits per heavy atom. The van der Waals surface area contributed by atoms with E-state index in [4.69, 9.17) is 0 Å². The molecule has 1 aliphatic rings. The van der Waals surface area contributed by atoms with Crippen LogP contribution in [0.25, 0.3) is 0 Å². The monoisotopic (exact) mass is 637 g/mol. The van der Waals surface area contributed by atoms with Gasteiger partial charge >= 0.3 is 129 Å². The molecule has 0 saturated heterocycles. The number of hydrogen-bond acceptors (Lipinski definition) is 0. The van der Waals surface area contributed by atoms with Gasteiger partial charge in [-0.1, -0.05) is 24.3 Å². The second kappa shape index (κ2) is 11.0.